The Kier molecular flexibility index (Phi) is 4.79. The van der Waals surface area contributed by atoms with Crippen molar-refractivity contribution in [2.75, 3.05) is 0 Å². The van der Waals surface area contributed by atoms with Crippen LogP contribution in [-0.2, 0) is 0 Å². The Bertz CT molecular complexity index is 127. The van der Waals surface area contributed by atoms with Crippen molar-refractivity contribution >= 4 is 0 Å². The van der Waals surface area contributed by atoms with Crippen LogP contribution in [0.1, 0.15) is 59.3 Å². The van der Waals surface area contributed by atoms with Gasteiger partial charge < -0.3 is 5.32 Å². The molecular weight excluding hydrogens is 158 g/mol. The molecular formula is C12H25N. The van der Waals surface area contributed by atoms with Crippen molar-refractivity contribution in [2.24, 2.45) is 5.92 Å². The van der Waals surface area contributed by atoms with Gasteiger partial charge in [0, 0.05) is 12.1 Å². The normalized spacial score (nSPS) is 29.8. The third-order valence-corrected chi connectivity index (χ3v) is 3.24. The summed E-state index contributed by atoms with van der Waals surface area (Å²) < 4.78 is 0. The van der Waals surface area contributed by atoms with Crippen LogP contribution in [0.25, 0.3) is 0 Å². The third-order valence-electron chi connectivity index (χ3n) is 3.24. The molecule has 78 valence electrons. The van der Waals surface area contributed by atoms with Crippen molar-refractivity contribution in [1.82, 2.24) is 5.32 Å². The van der Waals surface area contributed by atoms with Crippen LogP contribution in [0.15, 0.2) is 0 Å². The fourth-order valence-electron chi connectivity index (χ4n) is 2.23. The van der Waals surface area contributed by atoms with E-state index in [1.54, 1.807) is 0 Å². The summed E-state index contributed by atoms with van der Waals surface area (Å²) in [4.78, 5) is 0. The van der Waals surface area contributed by atoms with E-state index < -0.39 is 0 Å². The van der Waals surface area contributed by atoms with Crippen LogP contribution < -0.4 is 5.32 Å². The lowest BCUT2D eigenvalue weighted by Crippen LogP contribution is -2.45. The van der Waals surface area contributed by atoms with Crippen LogP contribution in [-0.4, -0.2) is 12.1 Å². The van der Waals surface area contributed by atoms with Gasteiger partial charge in [0.2, 0.25) is 0 Å². The zero-order chi connectivity index (χ0) is 9.68. The lowest BCUT2D eigenvalue weighted by Gasteiger charge is -2.36. The van der Waals surface area contributed by atoms with E-state index in [1.807, 2.05) is 0 Å². The van der Waals surface area contributed by atoms with Gasteiger partial charge >= 0.3 is 0 Å². The minimum absolute atomic E-state index is 0.789. The van der Waals surface area contributed by atoms with Crippen LogP contribution in [0, 0.1) is 5.92 Å². The summed E-state index contributed by atoms with van der Waals surface area (Å²) >= 11 is 0. The number of nitrogens with one attached hydrogen (secondary N) is 1. The van der Waals surface area contributed by atoms with E-state index in [0.717, 1.165) is 18.0 Å². The smallest absolute Gasteiger partial charge is 0.00747 e. The molecule has 1 aliphatic carbocycles. The monoisotopic (exact) mass is 183 g/mol. The SMILES string of the molecule is CCCCC(CC)NC1CC(C)C1. The molecule has 0 heterocycles. The van der Waals surface area contributed by atoms with E-state index in [1.165, 1.54) is 38.5 Å². The van der Waals surface area contributed by atoms with Crippen LogP contribution in [0.4, 0.5) is 0 Å². The molecule has 0 aliphatic heterocycles. The first-order chi connectivity index (χ1) is 6.26. The predicted octanol–water partition coefficient (Wildman–Crippen LogP) is 3.34. The molecule has 1 rings (SSSR count). The van der Waals surface area contributed by atoms with Gasteiger partial charge in [-0.05, 0) is 31.6 Å². The maximum atomic E-state index is 3.77. The molecule has 1 unspecified atom stereocenters. The van der Waals surface area contributed by atoms with E-state index in [4.69, 9.17) is 0 Å². The van der Waals surface area contributed by atoms with E-state index in [-0.39, 0.29) is 0 Å². The van der Waals surface area contributed by atoms with Gasteiger partial charge in [0.25, 0.3) is 0 Å². The van der Waals surface area contributed by atoms with Crippen molar-refractivity contribution < 1.29 is 0 Å². The summed E-state index contributed by atoms with van der Waals surface area (Å²) in [5, 5.41) is 3.77. The highest BCUT2D eigenvalue weighted by atomic mass is 15.0. The summed E-state index contributed by atoms with van der Waals surface area (Å²) in [6.45, 7) is 6.93. The van der Waals surface area contributed by atoms with Crippen molar-refractivity contribution in [2.45, 2.75) is 71.4 Å². The molecule has 0 bridgehead atoms. The van der Waals surface area contributed by atoms with Crippen molar-refractivity contribution in [3.63, 3.8) is 0 Å². The van der Waals surface area contributed by atoms with Gasteiger partial charge in [0.15, 0.2) is 0 Å². The molecule has 1 N–H and O–H groups in total. The second-order valence-electron chi connectivity index (χ2n) is 4.69. The quantitative estimate of drug-likeness (QED) is 0.666. The largest absolute Gasteiger partial charge is 0.311 e. The van der Waals surface area contributed by atoms with E-state index >= 15 is 0 Å². The zero-order valence-electron chi connectivity index (χ0n) is 9.47. The Morgan fingerprint density at radius 2 is 2.00 bits per heavy atom. The van der Waals surface area contributed by atoms with Gasteiger partial charge in [0.1, 0.15) is 0 Å². The maximum absolute atomic E-state index is 3.77. The Balaban J connectivity index is 2.09. The van der Waals surface area contributed by atoms with Gasteiger partial charge in [0.05, 0.1) is 0 Å². The highest BCUT2D eigenvalue weighted by Gasteiger charge is 2.26. The van der Waals surface area contributed by atoms with E-state index in [9.17, 15) is 0 Å². The van der Waals surface area contributed by atoms with Gasteiger partial charge in [-0.15, -0.1) is 0 Å². The minimum atomic E-state index is 0.789. The average molecular weight is 183 g/mol. The molecule has 1 saturated carbocycles. The summed E-state index contributed by atoms with van der Waals surface area (Å²) in [6.07, 6.45) is 8.20. The minimum Gasteiger partial charge on any atom is -0.311 e. The zero-order valence-corrected chi connectivity index (χ0v) is 9.47. The number of hydrogen-bond donors (Lipinski definition) is 1. The van der Waals surface area contributed by atoms with E-state index in [2.05, 4.69) is 26.1 Å². The molecule has 0 aromatic heterocycles. The van der Waals surface area contributed by atoms with Crippen LogP contribution in [0.2, 0.25) is 0 Å². The standard InChI is InChI=1S/C12H25N/c1-4-6-7-11(5-2)13-12-8-10(3)9-12/h10-13H,4-9H2,1-3H3. The number of rotatable bonds is 6. The fraction of sp³-hybridized carbons (Fsp3) is 1.00. The summed E-state index contributed by atoms with van der Waals surface area (Å²) in [7, 11) is 0. The van der Waals surface area contributed by atoms with Gasteiger partial charge in [-0.1, -0.05) is 33.6 Å². The summed E-state index contributed by atoms with van der Waals surface area (Å²) in [5.41, 5.74) is 0. The van der Waals surface area contributed by atoms with Crippen molar-refractivity contribution in [3.8, 4) is 0 Å². The summed E-state index contributed by atoms with van der Waals surface area (Å²) in [6, 6.07) is 1.63. The molecule has 1 aliphatic rings. The highest BCUT2D eigenvalue weighted by Crippen LogP contribution is 2.27. The highest BCUT2D eigenvalue weighted by molar-refractivity contribution is 4.84. The molecule has 0 aromatic rings. The molecule has 13 heavy (non-hydrogen) atoms. The van der Waals surface area contributed by atoms with Crippen molar-refractivity contribution in [1.29, 1.82) is 0 Å². The molecule has 1 nitrogen and oxygen atoms in total. The lowest BCUT2D eigenvalue weighted by molar-refractivity contribution is 0.215. The molecule has 0 aromatic carbocycles. The Morgan fingerprint density at radius 3 is 2.46 bits per heavy atom. The van der Waals surface area contributed by atoms with Gasteiger partial charge in [-0.3, -0.25) is 0 Å². The third kappa shape index (κ3) is 3.68. The maximum Gasteiger partial charge on any atom is 0.00747 e. The number of unbranched alkanes of at least 4 members (excludes halogenated alkanes) is 1. The van der Waals surface area contributed by atoms with Crippen LogP contribution in [0.5, 0.6) is 0 Å². The molecule has 0 saturated heterocycles. The molecule has 0 radical (unpaired) electrons. The first-order valence-corrected chi connectivity index (χ1v) is 6.02. The molecule has 1 atom stereocenters. The topological polar surface area (TPSA) is 12.0 Å². The number of hydrogen-bond acceptors (Lipinski definition) is 1. The Labute approximate surface area is 83.3 Å². The predicted molar refractivity (Wildman–Crippen MR) is 58.9 cm³/mol. The van der Waals surface area contributed by atoms with Crippen LogP contribution >= 0.6 is 0 Å². The first kappa shape index (κ1) is 11.0. The lowest BCUT2D eigenvalue weighted by atomic mass is 9.81. The average Bonchev–Trinajstić information content (AvgIpc) is 2.08. The van der Waals surface area contributed by atoms with Gasteiger partial charge in [-0.25, -0.2) is 0 Å². The molecule has 1 heteroatoms. The molecule has 1 fully saturated rings. The first-order valence-electron chi connectivity index (χ1n) is 6.02. The van der Waals surface area contributed by atoms with Crippen molar-refractivity contribution in [3.05, 3.63) is 0 Å². The second kappa shape index (κ2) is 5.64. The van der Waals surface area contributed by atoms with E-state index in [0.29, 0.717) is 0 Å². The summed E-state index contributed by atoms with van der Waals surface area (Å²) in [5.74, 6) is 0.973. The Morgan fingerprint density at radius 1 is 1.31 bits per heavy atom. The molecule has 0 amide bonds. The molecule has 0 spiro atoms. The fourth-order valence-corrected chi connectivity index (χ4v) is 2.23. The Hall–Kier alpha value is -0.0400. The van der Waals surface area contributed by atoms with Gasteiger partial charge in [-0.2, -0.15) is 0 Å². The second-order valence-corrected chi connectivity index (χ2v) is 4.69. The van der Waals surface area contributed by atoms with Crippen LogP contribution in [0.3, 0.4) is 0 Å².